The fourth-order valence-electron chi connectivity index (χ4n) is 5.57. The molecule has 0 aromatic heterocycles. The summed E-state index contributed by atoms with van der Waals surface area (Å²) in [7, 11) is 0. The summed E-state index contributed by atoms with van der Waals surface area (Å²) in [6, 6.07) is 6.40. The van der Waals surface area contributed by atoms with Crippen LogP contribution in [-0.4, -0.2) is 23.0 Å². The highest BCUT2D eigenvalue weighted by atomic mass is 16.4. The summed E-state index contributed by atoms with van der Waals surface area (Å²) >= 11 is 0. The van der Waals surface area contributed by atoms with Gasteiger partial charge in [0.05, 0.1) is 5.41 Å². The number of hydrogen-bond acceptors (Lipinski definition) is 2. The molecule has 1 aromatic carbocycles. The molecule has 29 heavy (non-hydrogen) atoms. The van der Waals surface area contributed by atoms with E-state index in [1.165, 1.54) is 32.1 Å². The molecular weight excluding hydrogens is 362 g/mol. The Bertz CT molecular complexity index is 752. The molecule has 4 heteroatoms. The predicted octanol–water partition coefficient (Wildman–Crippen LogP) is 5.01. The number of carboxylic acid groups (broad SMARTS) is 1. The van der Waals surface area contributed by atoms with Crippen LogP contribution in [0.3, 0.4) is 0 Å². The number of carboxylic acids is 1. The number of rotatable bonds is 7. The lowest BCUT2D eigenvalue weighted by Crippen LogP contribution is -2.54. The van der Waals surface area contributed by atoms with Gasteiger partial charge in [-0.05, 0) is 75.3 Å². The monoisotopic (exact) mass is 399 g/mol. The predicted molar refractivity (Wildman–Crippen MR) is 116 cm³/mol. The van der Waals surface area contributed by atoms with Crippen molar-refractivity contribution in [3.63, 3.8) is 0 Å². The Morgan fingerprint density at radius 1 is 1.17 bits per heavy atom. The number of hydrogen-bond donors (Lipinski definition) is 2. The van der Waals surface area contributed by atoms with Gasteiger partial charge in [0.1, 0.15) is 0 Å². The third-order valence-electron chi connectivity index (χ3n) is 7.35. The molecule has 160 valence electrons. The molecule has 2 fully saturated rings. The van der Waals surface area contributed by atoms with Crippen molar-refractivity contribution in [3.05, 3.63) is 34.9 Å². The average Bonchev–Trinajstić information content (AvgIpc) is 2.68. The van der Waals surface area contributed by atoms with E-state index in [1.807, 2.05) is 32.9 Å². The second kappa shape index (κ2) is 8.89. The zero-order valence-corrected chi connectivity index (χ0v) is 18.5. The second-order valence-electron chi connectivity index (χ2n) is 9.92. The van der Waals surface area contributed by atoms with Crippen LogP contribution >= 0.6 is 0 Å². The van der Waals surface area contributed by atoms with E-state index in [0.29, 0.717) is 24.3 Å². The zero-order valence-electron chi connectivity index (χ0n) is 18.5. The summed E-state index contributed by atoms with van der Waals surface area (Å²) in [5, 5.41) is 12.5. The normalized spacial score (nSPS) is 26.8. The molecule has 3 rings (SSSR count). The lowest BCUT2D eigenvalue weighted by Gasteiger charge is -2.46. The van der Waals surface area contributed by atoms with Crippen molar-refractivity contribution in [1.29, 1.82) is 0 Å². The van der Waals surface area contributed by atoms with E-state index in [4.69, 9.17) is 5.11 Å². The number of aliphatic carboxylic acids is 1. The molecule has 2 aliphatic carbocycles. The summed E-state index contributed by atoms with van der Waals surface area (Å²) in [4.78, 5) is 24.4. The summed E-state index contributed by atoms with van der Waals surface area (Å²) in [6.45, 7) is 8.25. The first-order valence-electron chi connectivity index (χ1n) is 11.3. The maximum absolute atomic E-state index is 13.4. The summed E-state index contributed by atoms with van der Waals surface area (Å²) in [6.07, 6.45) is 8.15. The molecule has 4 atom stereocenters. The van der Waals surface area contributed by atoms with Crippen LogP contribution in [0.15, 0.2) is 18.2 Å². The molecule has 2 bridgehead atoms. The van der Waals surface area contributed by atoms with Gasteiger partial charge in [-0.1, -0.05) is 49.9 Å². The summed E-state index contributed by atoms with van der Waals surface area (Å²) in [5.41, 5.74) is 2.39. The molecule has 1 amide bonds. The molecule has 2 saturated carbocycles. The maximum atomic E-state index is 13.4. The average molecular weight is 400 g/mol. The Labute approximate surface area is 175 Å². The maximum Gasteiger partial charge on any atom is 0.303 e. The zero-order chi connectivity index (χ0) is 21.2. The number of aryl methyl sites for hydroxylation is 2. The minimum absolute atomic E-state index is 0.0970. The Morgan fingerprint density at radius 3 is 2.62 bits per heavy atom. The molecule has 0 radical (unpaired) electrons. The largest absolute Gasteiger partial charge is 0.481 e. The standard InChI is InChI=1S/C25H37NO3/c1-5-19-13-17-7-6-8-20(14-17)23(19)26-24(29)25(3,4)21-12-16(2)11-18(15-21)9-10-22(27)28/h11-12,15,17,19-20,23H,5-10,13-14H2,1-4H3,(H,26,29)(H,27,28)/t17?,19-,20+,23+/m1/s1. The van der Waals surface area contributed by atoms with Crippen molar-refractivity contribution in [2.24, 2.45) is 17.8 Å². The van der Waals surface area contributed by atoms with E-state index >= 15 is 0 Å². The van der Waals surface area contributed by atoms with E-state index in [0.717, 1.165) is 29.0 Å². The smallest absolute Gasteiger partial charge is 0.303 e. The number of carbonyl (C=O) groups is 2. The fraction of sp³-hybridized carbons (Fsp3) is 0.680. The second-order valence-corrected chi connectivity index (χ2v) is 9.92. The van der Waals surface area contributed by atoms with Gasteiger partial charge in [-0.3, -0.25) is 9.59 Å². The van der Waals surface area contributed by atoms with Crippen LogP contribution < -0.4 is 5.32 Å². The lowest BCUT2D eigenvalue weighted by atomic mass is 9.64. The van der Waals surface area contributed by atoms with Gasteiger partial charge in [0.2, 0.25) is 5.91 Å². The van der Waals surface area contributed by atoms with Crippen molar-refractivity contribution in [3.8, 4) is 0 Å². The van der Waals surface area contributed by atoms with E-state index < -0.39 is 11.4 Å². The molecule has 0 heterocycles. The van der Waals surface area contributed by atoms with Gasteiger partial charge in [-0.2, -0.15) is 0 Å². The quantitative estimate of drug-likeness (QED) is 0.677. The number of carbonyl (C=O) groups excluding carboxylic acids is 1. The highest BCUT2D eigenvalue weighted by Crippen LogP contribution is 2.44. The Kier molecular flexibility index (Phi) is 6.70. The molecule has 2 aliphatic rings. The van der Waals surface area contributed by atoms with E-state index in [2.05, 4.69) is 18.3 Å². The third kappa shape index (κ3) is 5.02. The van der Waals surface area contributed by atoms with Crippen LogP contribution in [0.25, 0.3) is 0 Å². The first kappa shape index (κ1) is 21.9. The Hall–Kier alpha value is -1.84. The lowest BCUT2D eigenvalue weighted by molar-refractivity contribution is -0.137. The molecule has 2 N–H and O–H groups in total. The highest BCUT2D eigenvalue weighted by molar-refractivity contribution is 5.87. The SMILES string of the molecule is CC[C@@H]1CC2CCC[C@@H](C2)[C@H]1NC(=O)C(C)(C)c1cc(C)cc(CCC(=O)O)c1. The molecule has 0 aliphatic heterocycles. The van der Waals surface area contributed by atoms with Crippen molar-refractivity contribution in [2.75, 3.05) is 0 Å². The van der Waals surface area contributed by atoms with Crippen LogP contribution in [0.1, 0.15) is 82.4 Å². The van der Waals surface area contributed by atoms with E-state index in [9.17, 15) is 9.59 Å². The molecule has 1 unspecified atom stereocenters. The molecular formula is C25H37NO3. The van der Waals surface area contributed by atoms with Crippen LogP contribution in [0.2, 0.25) is 0 Å². The minimum Gasteiger partial charge on any atom is -0.481 e. The van der Waals surface area contributed by atoms with E-state index in [1.54, 1.807) is 0 Å². The first-order chi connectivity index (χ1) is 13.7. The Morgan fingerprint density at radius 2 is 1.93 bits per heavy atom. The van der Waals surface area contributed by atoms with Gasteiger partial charge in [0.25, 0.3) is 0 Å². The fourth-order valence-corrected chi connectivity index (χ4v) is 5.57. The number of amides is 1. The van der Waals surface area contributed by atoms with Crippen molar-refractivity contribution in [2.45, 2.75) is 90.5 Å². The summed E-state index contributed by atoms with van der Waals surface area (Å²) < 4.78 is 0. The van der Waals surface area contributed by atoms with Gasteiger partial charge < -0.3 is 10.4 Å². The van der Waals surface area contributed by atoms with Gasteiger partial charge in [-0.15, -0.1) is 0 Å². The van der Waals surface area contributed by atoms with Crippen LogP contribution in [0.5, 0.6) is 0 Å². The van der Waals surface area contributed by atoms with Gasteiger partial charge in [0, 0.05) is 12.5 Å². The topological polar surface area (TPSA) is 66.4 Å². The highest BCUT2D eigenvalue weighted by Gasteiger charge is 2.41. The Balaban J connectivity index is 1.77. The van der Waals surface area contributed by atoms with Gasteiger partial charge in [0.15, 0.2) is 0 Å². The first-order valence-corrected chi connectivity index (χ1v) is 11.3. The van der Waals surface area contributed by atoms with Crippen LogP contribution in [0.4, 0.5) is 0 Å². The molecule has 4 nitrogen and oxygen atoms in total. The number of nitrogens with one attached hydrogen (secondary N) is 1. The molecule has 0 spiro atoms. The molecule has 1 aromatic rings. The van der Waals surface area contributed by atoms with Crippen molar-refractivity contribution >= 4 is 11.9 Å². The van der Waals surface area contributed by atoms with Crippen LogP contribution in [0, 0.1) is 24.7 Å². The van der Waals surface area contributed by atoms with Crippen LogP contribution in [-0.2, 0) is 21.4 Å². The molecule has 0 saturated heterocycles. The number of benzene rings is 1. The van der Waals surface area contributed by atoms with Gasteiger partial charge >= 0.3 is 5.97 Å². The van der Waals surface area contributed by atoms with Crippen molar-refractivity contribution < 1.29 is 14.7 Å². The number of fused-ring (bicyclic) bond motifs is 2. The van der Waals surface area contributed by atoms with Crippen molar-refractivity contribution in [1.82, 2.24) is 5.32 Å². The minimum atomic E-state index is -0.793. The summed E-state index contributed by atoms with van der Waals surface area (Å²) in [5.74, 6) is 1.37. The van der Waals surface area contributed by atoms with E-state index in [-0.39, 0.29) is 12.3 Å². The van der Waals surface area contributed by atoms with Gasteiger partial charge in [-0.25, -0.2) is 0 Å². The third-order valence-corrected chi connectivity index (χ3v) is 7.35.